The summed E-state index contributed by atoms with van der Waals surface area (Å²) in [4.78, 5) is 31.0. The average molecular weight is 420 g/mol. The molecule has 0 spiro atoms. The molecule has 0 atom stereocenters. The van der Waals surface area contributed by atoms with E-state index in [1.165, 1.54) is 45.7 Å². The lowest BCUT2D eigenvalue weighted by Gasteiger charge is -2.08. The Morgan fingerprint density at radius 3 is 2.93 bits per heavy atom. The number of benzene rings is 1. The van der Waals surface area contributed by atoms with Gasteiger partial charge in [-0.25, -0.2) is 9.37 Å². The number of hydrogen-bond donors (Lipinski definition) is 1. The highest BCUT2D eigenvalue weighted by atomic mass is 35.5. The van der Waals surface area contributed by atoms with Crippen LogP contribution in [0.4, 0.5) is 10.1 Å². The second-order valence-electron chi connectivity index (χ2n) is 5.66. The Bertz CT molecular complexity index is 1200. The predicted octanol–water partition coefficient (Wildman–Crippen LogP) is 4.62. The standard InChI is InChI=1S/C18H11ClFN3O2S2/c19-10-3-4-12(20)13(6-10)22-15(24)7-23-9-21-17-16(18(23)25)11(8-27-17)14-2-1-5-26-14/h1-6,8-9H,7H2,(H,22,24). The van der Waals surface area contributed by atoms with E-state index in [4.69, 9.17) is 11.6 Å². The number of halogens is 2. The van der Waals surface area contributed by atoms with Crippen molar-refractivity contribution in [3.8, 4) is 10.4 Å². The number of thiophene rings is 2. The number of fused-ring (bicyclic) bond motifs is 1. The van der Waals surface area contributed by atoms with E-state index in [2.05, 4.69) is 10.3 Å². The van der Waals surface area contributed by atoms with Crippen molar-refractivity contribution in [2.75, 3.05) is 5.32 Å². The lowest BCUT2D eigenvalue weighted by Crippen LogP contribution is -2.28. The van der Waals surface area contributed by atoms with Gasteiger partial charge in [0.25, 0.3) is 5.56 Å². The number of carbonyl (C=O) groups excluding carboxylic acids is 1. The number of aromatic nitrogens is 2. The summed E-state index contributed by atoms with van der Waals surface area (Å²) in [5.74, 6) is -1.15. The van der Waals surface area contributed by atoms with Crippen molar-refractivity contribution in [2.24, 2.45) is 0 Å². The molecular formula is C18H11ClFN3O2S2. The zero-order chi connectivity index (χ0) is 19.0. The Labute approximate surface area is 165 Å². The zero-order valence-corrected chi connectivity index (χ0v) is 16.0. The minimum Gasteiger partial charge on any atom is -0.322 e. The first-order valence-electron chi connectivity index (χ1n) is 7.78. The van der Waals surface area contributed by atoms with E-state index >= 15 is 0 Å². The molecule has 1 N–H and O–H groups in total. The smallest absolute Gasteiger partial charge is 0.263 e. The molecule has 3 aromatic heterocycles. The van der Waals surface area contributed by atoms with Gasteiger partial charge < -0.3 is 5.32 Å². The van der Waals surface area contributed by atoms with Crippen molar-refractivity contribution >= 4 is 56.1 Å². The van der Waals surface area contributed by atoms with Gasteiger partial charge in [-0.05, 0) is 29.6 Å². The van der Waals surface area contributed by atoms with Gasteiger partial charge in [0.2, 0.25) is 5.91 Å². The summed E-state index contributed by atoms with van der Waals surface area (Å²) < 4.78 is 15.0. The first kappa shape index (κ1) is 17.8. The summed E-state index contributed by atoms with van der Waals surface area (Å²) in [6.45, 7) is -0.284. The summed E-state index contributed by atoms with van der Waals surface area (Å²) >= 11 is 8.73. The maximum absolute atomic E-state index is 13.8. The van der Waals surface area contributed by atoms with Crippen LogP contribution in [0.3, 0.4) is 0 Å². The number of hydrogen-bond acceptors (Lipinski definition) is 5. The fourth-order valence-electron chi connectivity index (χ4n) is 2.63. The Morgan fingerprint density at radius 2 is 2.15 bits per heavy atom. The van der Waals surface area contributed by atoms with Crippen LogP contribution in [-0.4, -0.2) is 15.5 Å². The van der Waals surface area contributed by atoms with Crippen LogP contribution in [0, 0.1) is 5.82 Å². The summed E-state index contributed by atoms with van der Waals surface area (Å²) in [5.41, 5.74) is 0.453. The molecular weight excluding hydrogens is 409 g/mol. The summed E-state index contributed by atoms with van der Waals surface area (Å²) in [5, 5.41) is 7.02. The van der Waals surface area contributed by atoms with Crippen molar-refractivity contribution in [3.05, 3.63) is 68.6 Å². The Morgan fingerprint density at radius 1 is 1.30 bits per heavy atom. The minimum absolute atomic E-state index is 0.0376. The average Bonchev–Trinajstić information content (AvgIpc) is 3.30. The summed E-state index contributed by atoms with van der Waals surface area (Å²) in [6, 6.07) is 7.70. The topological polar surface area (TPSA) is 64.0 Å². The first-order chi connectivity index (χ1) is 13.0. The quantitative estimate of drug-likeness (QED) is 0.525. The van der Waals surface area contributed by atoms with E-state index in [1.54, 1.807) is 0 Å². The molecule has 4 aromatic rings. The van der Waals surface area contributed by atoms with Gasteiger partial charge in [-0.15, -0.1) is 22.7 Å². The van der Waals surface area contributed by atoms with E-state index in [0.29, 0.717) is 15.2 Å². The number of amides is 1. The van der Waals surface area contributed by atoms with Gasteiger partial charge in [-0.2, -0.15) is 0 Å². The molecule has 27 heavy (non-hydrogen) atoms. The number of rotatable bonds is 4. The van der Waals surface area contributed by atoms with Gasteiger partial charge >= 0.3 is 0 Å². The van der Waals surface area contributed by atoms with E-state index in [-0.39, 0.29) is 17.8 Å². The molecule has 0 aliphatic carbocycles. The first-order valence-corrected chi connectivity index (χ1v) is 9.92. The molecule has 0 fully saturated rings. The third-order valence-electron chi connectivity index (χ3n) is 3.86. The molecule has 0 aliphatic rings. The predicted molar refractivity (Wildman–Crippen MR) is 107 cm³/mol. The second kappa shape index (κ2) is 7.22. The molecule has 4 rings (SSSR count). The molecule has 0 aliphatic heterocycles. The van der Waals surface area contributed by atoms with Gasteiger partial charge in [0.15, 0.2) is 0 Å². The summed E-state index contributed by atoms with van der Waals surface area (Å²) in [7, 11) is 0. The Hall–Kier alpha value is -2.55. The van der Waals surface area contributed by atoms with Crippen LogP contribution < -0.4 is 10.9 Å². The van der Waals surface area contributed by atoms with Crippen LogP contribution in [0.25, 0.3) is 20.7 Å². The third-order valence-corrected chi connectivity index (χ3v) is 5.89. The fraction of sp³-hybridized carbons (Fsp3) is 0.0556. The number of carbonyl (C=O) groups is 1. The second-order valence-corrected chi connectivity index (χ2v) is 7.90. The maximum Gasteiger partial charge on any atom is 0.263 e. The zero-order valence-electron chi connectivity index (χ0n) is 13.6. The molecule has 0 radical (unpaired) electrons. The minimum atomic E-state index is -0.605. The largest absolute Gasteiger partial charge is 0.322 e. The molecule has 0 bridgehead atoms. The van der Waals surface area contributed by atoms with Crippen LogP contribution >= 0.6 is 34.3 Å². The van der Waals surface area contributed by atoms with E-state index < -0.39 is 11.7 Å². The van der Waals surface area contributed by atoms with E-state index in [0.717, 1.165) is 16.5 Å². The van der Waals surface area contributed by atoms with Crippen LogP contribution in [0.5, 0.6) is 0 Å². The van der Waals surface area contributed by atoms with Crippen molar-refractivity contribution in [1.29, 1.82) is 0 Å². The van der Waals surface area contributed by atoms with Crippen LogP contribution in [0.2, 0.25) is 5.02 Å². The van der Waals surface area contributed by atoms with E-state index in [9.17, 15) is 14.0 Å². The molecule has 3 heterocycles. The monoisotopic (exact) mass is 419 g/mol. The maximum atomic E-state index is 13.8. The van der Waals surface area contributed by atoms with Gasteiger partial charge in [0.1, 0.15) is 17.2 Å². The SMILES string of the molecule is O=C(Cn1cnc2scc(-c3cccs3)c2c1=O)Nc1cc(Cl)ccc1F. The molecule has 136 valence electrons. The molecule has 9 heteroatoms. The number of anilines is 1. The van der Waals surface area contributed by atoms with Gasteiger partial charge in [-0.1, -0.05) is 17.7 Å². The molecule has 0 saturated carbocycles. The van der Waals surface area contributed by atoms with Gasteiger partial charge in [0.05, 0.1) is 17.4 Å². The highest BCUT2D eigenvalue weighted by Gasteiger charge is 2.16. The molecule has 1 amide bonds. The number of nitrogens with zero attached hydrogens (tertiary/aromatic N) is 2. The van der Waals surface area contributed by atoms with Gasteiger partial charge in [0, 0.05) is 20.8 Å². The third kappa shape index (κ3) is 3.51. The lowest BCUT2D eigenvalue weighted by molar-refractivity contribution is -0.116. The Kier molecular flexibility index (Phi) is 4.77. The normalized spacial score (nSPS) is 11.0. The van der Waals surface area contributed by atoms with Crippen molar-refractivity contribution in [2.45, 2.75) is 6.54 Å². The highest BCUT2D eigenvalue weighted by molar-refractivity contribution is 7.18. The van der Waals surface area contributed by atoms with Crippen molar-refractivity contribution in [3.63, 3.8) is 0 Å². The highest BCUT2D eigenvalue weighted by Crippen LogP contribution is 2.33. The van der Waals surface area contributed by atoms with Crippen LogP contribution in [-0.2, 0) is 11.3 Å². The van der Waals surface area contributed by atoms with Crippen molar-refractivity contribution < 1.29 is 9.18 Å². The molecule has 1 aromatic carbocycles. The lowest BCUT2D eigenvalue weighted by atomic mass is 10.2. The van der Waals surface area contributed by atoms with Crippen molar-refractivity contribution in [1.82, 2.24) is 9.55 Å². The fourth-order valence-corrected chi connectivity index (χ4v) is 4.52. The van der Waals surface area contributed by atoms with Crippen LogP contribution in [0.15, 0.2) is 52.2 Å². The van der Waals surface area contributed by atoms with Gasteiger partial charge in [-0.3, -0.25) is 14.2 Å². The van der Waals surface area contributed by atoms with E-state index in [1.807, 2.05) is 22.9 Å². The summed E-state index contributed by atoms with van der Waals surface area (Å²) in [6.07, 6.45) is 1.33. The Balaban J connectivity index is 1.65. The molecule has 0 unspecified atom stereocenters. The van der Waals surface area contributed by atoms with Crippen LogP contribution in [0.1, 0.15) is 0 Å². The number of nitrogens with one attached hydrogen (secondary N) is 1. The molecule has 0 saturated heterocycles. The molecule has 5 nitrogen and oxygen atoms in total.